The minimum atomic E-state index is -4.00. The smallest absolute Gasteiger partial charge is 0.298 e. The van der Waals surface area contributed by atoms with E-state index in [0.717, 1.165) is 12.8 Å². The Morgan fingerprint density at radius 3 is 2.00 bits per heavy atom. The van der Waals surface area contributed by atoms with Crippen molar-refractivity contribution in [2.75, 3.05) is 13.1 Å². The van der Waals surface area contributed by atoms with Crippen LogP contribution in [0.4, 0.5) is 13.2 Å². The van der Waals surface area contributed by atoms with Gasteiger partial charge >= 0.3 is 6.18 Å². The van der Waals surface area contributed by atoms with Crippen molar-refractivity contribution < 1.29 is 13.2 Å². The number of hydrogen-bond acceptors (Lipinski definition) is 1. The van der Waals surface area contributed by atoms with E-state index in [-0.39, 0.29) is 18.4 Å². The van der Waals surface area contributed by atoms with Gasteiger partial charge in [-0.2, -0.15) is 13.2 Å². The summed E-state index contributed by atoms with van der Waals surface area (Å²) in [6.45, 7) is 7.54. The molecule has 4 heteroatoms. The van der Waals surface area contributed by atoms with Crippen molar-refractivity contribution in [3.05, 3.63) is 0 Å². The van der Waals surface area contributed by atoms with Crippen molar-refractivity contribution in [3.63, 3.8) is 0 Å². The molecule has 1 fully saturated rings. The lowest BCUT2D eigenvalue weighted by molar-refractivity contribution is -0.187. The topological polar surface area (TPSA) is 3.24 Å². The molecule has 0 aliphatic carbocycles. The summed E-state index contributed by atoms with van der Waals surface area (Å²) in [6.07, 6.45) is -1.36. The number of hydrogen-bond donors (Lipinski definition) is 0. The third kappa shape index (κ3) is 3.37. The number of halogens is 3. The maximum atomic E-state index is 12.5. The van der Waals surface area contributed by atoms with Gasteiger partial charge in [0, 0.05) is 5.54 Å². The zero-order valence-electron chi connectivity index (χ0n) is 10.4. The molecule has 0 aromatic rings. The second-order valence-electron chi connectivity index (χ2n) is 5.37. The Labute approximate surface area is 96.0 Å². The van der Waals surface area contributed by atoms with Crippen LogP contribution in [0.25, 0.3) is 0 Å². The predicted molar refractivity (Wildman–Crippen MR) is 59.3 cm³/mol. The predicted octanol–water partition coefficient (Wildman–Crippen LogP) is 3.84. The van der Waals surface area contributed by atoms with E-state index >= 15 is 0 Å². The molecule has 1 aliphatic rings. The molecule has 1 saturated heterocycles. The summed E-state index contributed by atoms with van der Waals surface area (Å²) in [5, 5.41) is 0. The monoisotopic (exact) mass is 237 g/mol. The highest BCUT2D eigenvalue weighted by Crippen LogP contribution is 2.36. The van der Waals surface area contributed by atoms with E-state index in [0.29, 0.717) is 13.1 Å². The van der Waals surface area contributed by atoms with Crippen molar-refractivity contribution in [2.24, 2.45) is 5.92 Å². The van der Waals surface area contributed by atoms with Gasteiger partial charge in [0.15, 0.2) is 0 Å². The van der Waals surface area contributed by atoms with Crippen molar-refractivity contribution in [1.29, 1.82) is 0 Å². The van der Waals surface area contributed by atoms with E-state index in [9.17, 15) is 13.2 Å². The van der Waals surface area contributed by atoms with Crippen LogP contribution in [0.3, 0.4) is 0 Å². The first-order valence-corrected chi connectivity index (χ1v) is 6.09. The minimum Gasteiger partial charge on any atom is -0.298 e. The van der Waals surface area contributed by atoms with Crippen LogP contribution in [0.5, 0.6) is 0 Å². The van der Waals surface area contributed by atoms with Crippen LogP contribution in [-0.4, -0.2) is 29.7 Å². The van der Waals surface area contributed by atoms with Gasteiger partial charge in [0.1, 0.15) is 0 Å². The zero-order valence-corrected chi connectivity index (χ0v) is 10.4. The van der Waals surface area contributed by atoms with Crippen LogP contribution in [0, 0.1) is 5.92 Å². The Kier molecular flexibility index (Phi) is 4.27. The molecule has 1 aliphatic heterocycles. The van der Waals surface area contributed by atoms with E-state index in [2.05, 4.69) is 25.7 Å². The molecule has 96 valence electrons. The van der Waals surface area contributed by atoms with Crippen molar-refractivity contribution in [3.8, 4) is 0 Å². The van der Waals surface area contributed by atoms with Gasteiger partial charge in [0.25, 0.3) is 0 Å². The average molecular weight is 237 g/mol. The molecule has 0 radical (unpaired) electrons. The first-order chi connectivity index (χ1) is 7.27. The van der Waals surface area contributed by atoms with Gasteiger partial charge in [-0.25, -0.2) is 0 Å². The maximum Gasteiger partial charge on any atom is 0.391 e. The van der Waals surface area contributed by atoms with E-state index in [1.54, 1.807) is 0 Å². The Bertz CT molecular complexity index is 215. The first kappa shape index (κ1) is 13.8. The fourth-order valence-electron chi connectivity index (χ4n) is 2.58. The lowest BCUT2D eigenvalue weighted by Crippen LogP contribution is -2.49. The summed E-state index contributed by atoms with van der Waals surface area (Å²) in [7, 11) is 0. The van der Waals surface area contributed by atoms with E-state index in [1.807, 2.05) is 0 Å². The van der Waals surface area contributed by atoms with Crippen LogP contribution in [-0.2, 0) is 0 Å². The van der Waals surface area contributed by atoms with Crippen molar-refractivity contribution in [1.82, 2.24) is 4.90 Å². The molecule has 0 saturated carbocycles. The molecule has 0 aromatic carbocycles. The standard InChI is InChI=1S/C12H22F3N/c1-4-7-11(2,3)16-8-5-10(6-9-16)12(13,14)15/h10H,4-9H2,1-3H3. The van der Waals surface area contributed by atoms with E-state index < -0.39 is 12.1 Å². The molecule has 0 unspecified atom stereocenters. The fourth-order valence-corrected chi connectivity index (χ4v) is 2.58. The Morgan fingerprint density at radius 1 is 1.12 bits per heavy atom. The number of alkyl halides is 3. The van der Waals surface area contributed by atoms with Gasteiger partial charge in [-0.3, -0.25) is 4.90 Å². The molecular weight excluding hydrogens is 215 g/mol. The Morgan fingerprint density at radius 2 is 1.62 bits per heavy atom. The second kappa shape index (κ2) is 4.94. The third-order valence-electron chi connectivity index (χ3n) is 3.68. The molecular formula is C12H22F3N. The summed E-state index contributed by atoms with van der Waals surface area (Å²) < 4.78 is 37.5. The van der Waals surface area contributed by atoms with Crippen LogP contribution < -0.4 is 0 Å². The molecule has 0 atom stereocenters. The number of likely N-dealkylation sites (tertiary alicyclic amines) is 1. The van der Waals surface area contributed by atoms with Gasteiger partial charge in [-0.1, -0.05) is 13.3 Å². The Balaban J connectivity index is 2.49. The minimum absolute atomic E-state index is 0.0469. The van der Waals surface area contributed by atoms with Gasteiger partial charge in [-0.05, 0) is 46.2 Å². The highest BCUT2D eigenvalue weighted by Gasteiger charge is 2.42. The second-order valence-corrected chi connectivity index (χ2v) is 5.37. The summed E-state index contributed by atoms with van der Waals surface area (Å²) in [5.74, 6) is -1.08. The average Bonchev–Trinajstić information content (AvgIpc) is 2.16. The fraction of sp³-hybridized carbons (Fsp3) is 1.00. The quantitative estimate of drug-likeness (QED) is 0.721. The SMILES string of the molecule is CCCC(C)(C)N1CCC(C(F)(F)F)CC1. The summed E-state index contributed by atoms with van der Waals surface area (Å²) >= 11 is 0. The first-order valence-electron chi connectivity index (χ1n) is 6.09. The largest absolute Gasteiger partial charge is 0.391 e. The van der Waals surface area contributed by atoms with Gasteiger partial charge in [-0.15, -0.1) is 0 Å². The molecule has 1 heterocycles. The molecule has 1 nitrogen and oxygen atoms in total. The molecule has 1 rings (SSSR count). The normalized spacial score (nSPS) is 21.4. The summed E-state index contributed by atoms with van der Waals surface area (Å²) in [5.41, 5.74) is 0.0469. The molecule has 0 bridgehead atoms. The summed E-state index contributed by atoms with van der Waals surface area (Å²) in [4.78, 5) is 2.21. The van der Waals surface area contributed by atoms with Gasteiger partial charge in [0.2, 0.25) is 0 Å². The maximum absolute atomic E-state index is 12.5. The van der Waals surface area contributed by atoms with Crippen LogP contribution in [0.1, 0.15) is 46.5 Å². The Hall–Kier alpha value is -0.250. The molecule has 0 aromatic heterocycles. The zero-order chi connectivity index (χ0) is 12.4. The highest BCUT2D eigenvalue weighted by atomic mass is 19.4. The molecule has 0 amide bonds. The third-order valence-corrected chi connectivity index (χ3v) is 3.68. The summed E-state index contributed by atoms with van der Waals surface area (Å²) in [6, 6.07) is 0. The molecule has 16 heavy (non-hydrogen) atoms. The highest BCUT2D eigenvalue weighted by molar-refractivity contribution is 4.86. The van der Waals surface area contributed by atoms with Crippen molar-refractivity contribution >= 4 is 0 Å². The van der Waals surface area contributed by atoms with Crippen molar-refractivity contribution in [2.45, 2.75) is 58.2 Å². The number of rotatable bonds is 3. The number of piperidine rings is 1. The van der Waals surface area contributed by atoms with E-state index in [1.165, 1.54) is 0 Å². The van der Waals surface area contributed by atoms with E-state index in [4.69, 9.17) is 0 Å². The van der Waals surface area contributed by atoms with Gasteiger partial charge in [0.05, 0.1) is 5.92 Å². The molecule has 0 N–H and O–H groups in total. The van der Waals surface area contributed by atoms with Gasteiger partial charge < -0.3 is 0 Å². The lowest BCUT2D eigenvalue weighted by atomic mass is 9.89. The number of nitrogens with zero attached hydrogens (tertiary/aromatic N) is 1. The molecule has 0 spiro atoms. The van der Waals surface area contributed by atoms with Crippen LogP contribution in [0.2, 0.25) is 0 Å². The van der Waals surface area contributed by atoms with Crippen LogP contribution in [0.15, 0.2) is 0 Å². The van der Waals surface area contributed by atoms with Crippen LogP contribution >= 0.6 is 0 Å². The lowest BCUT2D eigenvalue weighted by Gasteiger charge is -2.43.